The zero-order valence-corrected chi connectivity index (χ0v) is 17.5. The molecule has 0 fully saturated rings. The highest BCUT2D eigenvalue weighted by molar-refractivity contribution is 7.92. The van der Waals surface area contributed by atoms with Gasteiger partial charge in [-0.1, -0.05) is 29.8 Å². The standard InChI is InChI=1S/C21H21N3O5S/c1-13-4-6-15(7-5-13)18-12-19(23-22-18)21(26)29-14(2)20(25)16-8-10-17(11-9-16)24-30(3,27)28/h4-12,14,24H,1-3H3,(H,22,23). The molecule has 0 aliphatic carbocycles. The molecule has 0 spiro atoms. The summed E-state index contributed by atoms with van der Waals surface area (Å²) in [7, 11) is -3.41. The lowest BCUT2D eigenvalue weighted by molar-refractivity contribution is 0.0313. The number of ether oxygens (including phenoxy) is 1. The minimum atomic E-state index is -3.41. The summed E-state index contributed by atoms with van der Waals surface area (Å²) in [5.41, 5.74) is 3.32. The molecule has 0 saturated heterocycles. The molecule has 156 valence electrons. The number of hydrogen-bond acceptors (Lipinski definition) is 6. The molecule has 9 heteroatoms. The number of carbonyl (C=O) groups excluding carboxylic acids is 2. The van der Waals surface area contributed by atoms with Gasteiger partial charge in [-0.05, 0) is 44.2 Å². The van der Waals surface area contributed by atoms with Crippen molar-refractivity contribution in [3.8, 4) is 11.3 Å². The summed E-state index contributed by atoms with van der Waals surface area (Å²) in [6, 6.07) is 15.1. The van der Waals surface area contributed by atoms with Crippen LogP contribution in [0, 0.1) is 6.92 Å². The van der Waals surface area contributed by atoms with Crippen LogP contribution in [0.3, 0.4) is 0 Å². The van der Waals surface area contributed by atoms with E-state index >= 15 is 0 Å². The summed E-state index contributed by atoms with van der Waals surface area (Å²) in [5.74, 6) is -1.11. The Bertz CT molecular complexity index is 1170. The maximum Gasteiger partial charge on any atom is 0.357 e. The zero-order valence-electron chi connectivity index (χ0n) is 16.7. The lowest BCUT2D eigenvalue weighted by Crippen LogP contribution is -2.24. The van der Waals surface area contributed by atoms with E-state index in [2.05, 4.69) is 14.9 Å². The fourth-order valence-electron chi connectivity index (χ4n) is 2.73. The minimum absolute atomic E-state index is 0.137. The molecule has 0 saturated carbocycles. The van der Waals surface area contributed by atoms with Crippen molar-refractivity contribution in [1.82, 2.24) is 10.2 Å². The number of H-pyrrole nitrogens is 1. The largest absolute Gasteiger partial charge is 0.450 e. The van der Waals surface area contributed by atoms with E-state index in [0.29, 0.717) is 16.9 Å². The first-order valence-corrected chi connectivity index (χ1v) is 11.0. The molecule has 3 rings (SSSR count). The van der Waals surface area contributed by atoms with Gasteiger partial charge in [-0.2, -0.15) is 5.10 Å². The van der Waals surface area contributed by atoms with Gasteiger partial charge < -0.3 is 4.74 Å². The first-order valence-electron chi connectivity index (χ1n) is 9.08. The highest BCUT2D eigenvalue weighted by atomic mass is 32.2. The number of rotatable bonds is 7. The van der Waals surface area contributed by atoms with E-state index in [4.69, 9.17) is 4.74 Å². The van der Waals surface area contributed by atoms with E-state index in [1.165, 1.54) is 31.2 Å². The number of aromatic nitrogens is 2. The summed E-state index contributed by atoms with van der Waals surface area (Å²) < 4.78 is 30.1. The summed E-state index contributed by atoms with van der Waals surface area (Å²) in [6.07, 6.45) is 0.00477. The number of hydrogen-bond donors (Lipinski definition) is 2. The van der Waals surface area contributed by atoms with Crippen molar-refractivity contribution in [3.63, 3.8) is 0 Å². The maximum absolute atomic E-state index is 12.5. The minimum Gasteiger partial charge on any atom is -0.450 e. The molecule has 3 aromatic rings. The molecule has 30 heavy (non-hydrogen) atoms. The molecule has 0 aliphatic rings. The third-order valence-electron chi connectivity index (χ3n) is 4.27. The number of aromatic amines is 1. The molecule has 0 amide bonds. The van der Waals surface area contributed by atoms with Crippen LogP contribution in [-0.4, -0.2) is 42.7 Å². The average molecular weight is 427 g/mol. The van der Waals surface area contributed by atoms with Crippen molar-refractivity contribution in [2.45, 2.75) is 20.0 Å². The fourth-order valence-corrected chi connectivity index (χ4v) is 3.29. The zero-order chi connectivity index (χ0) is 21.9. The maximum atomic E-state index is 12.5. The highest BCUT2D eigenvalue weighted by Gasteiger charge is 2.22. The predicted octanol–water partition coefficient (Wildman–Crippen LogP) is 3.18. The molecule has 1 aromatic heterocycles. The SMILES string of the molecule is Cc1ccc(-c2cc(C(=O)OC(C)C(=O)c3ccc(NS(C)(=O)=O)cc3)[nH]n2)cc1. The Morgan fingerprint density at radius 3 is 2.30 bits per heavy atom. The van der Waals surface area contributed by atoms with Gasteiger partial charge in [0.1, 0.15) is 5.69 Å². The Balaban J connectivity index is 1.65. The second kappa shape index (κ2) is 8.50. The monoisotopic (exact) mass is 427 g/mol. The molecular weight excluding hydrogens is 406 g/mol. The Kier molecular flexibility index (Phi) is 6.02. The van der Waals surface area contributed by atoms with Gasteiger partial charge in [0.2, 0.25) is 15.8 Å². The molecular formula is C21H21N3O5S. The van der Waals surface area contributed by atoms with Crippen LogP contribution in [0.1, 0.15) is 33.3 Å². The number of Topliss-reactive ketones (excluding diaryl/α,β-unsaturated/α-hetero) is 1. The lowest BCUT2D eigenvalue weighted by Gasteiger charge is -2.12. The van der Waals surface area contributed by atoms with E-state index in [1.807, 2.05) is 31.2 Å². The molecule has 2 N–H and O–H groups in total. The highest BCUT2D eigenvalue weighted by Crippen LogP contribution is 2.19. The second-order valence-electron chi connectivity index (χ2n) is 6.90. The van der Waals surface area contributed by atoms with Gasteiger partial charge in [-0.15, -0.1) is 0 Å². The normalized spacial score (nSPS) is 12.2. The van der Waals surface area contributed by atoms with Gasteiger partial charge >= 0.3 is 5.97 Å². The average Bonchev–Trinajstić information content (AvgIpc) is 3.17. The number of aryl methyl sites for hydroxylation is 1. The molecule has 1 heterocycles. The number of nitrogens with one attached hydrogen (secondary N) is 2. The first kappa shape index (κ1) is 21.3. The smallest absolute Gasteiger partial charge is 0.357 e. The number of anilines is 1. The van der Waals surface area contributed by atoms with Crippen molar-refractivity contribution in [3.05, 3.63) is 71.4 Å². The van der Waals surface area contributed by atoms with Gasteiger partial charge in [0.15, 0.2) is 6.10 Å². The van der Waals surface area contributed by atoms with Crippen molar-refractivity contribution in [2.75, 3.05) is 11.0 Å². The Hall–Kier alpha value is -3.46. The molecule has 1 unspecified atom stereocenters. The molecule has 8 nitrogen and oxygen atoms in total. The van der Waals surface area contributed by atoms with Crippen LogP contribution in [0.15, 0.2) is 54.6 Å². The van der Waals surface area contributed by atoms with Crippen molar-refractivity contribution < 1.29 is 22.7 Å². The van der Waals surface area contributed by atoms with E-state index < -0.39 is 27.9 Å². The van der Waals surface area contributed by atoms with Crippen LogP contribution in [0.25, 0.3) is 11.3 Å². The van der Waals surface area contributed by atoms with Gasteiger partial charge in [0, 0.05) is 16.8 Å². The lowest BCUT2D eigenvalue weighted by atomic mass is 10.1. The quantitative estimate of drug-likeness (QED) is 0.442. The van der Waals surface area contributed by atoms with Crippen LogP contribution in [0.5, 0.6) is 0 Å². The van der Waals surface area contributed by atoms with Crippen molar-refractivity contribution in [1.29, 1.82) is 0 Å². The Morgan fingerprint density at radius 2 is 1.70 bits per heavy atom. The molecule has 0 radical (unpaired) electrons. The van der Waals surface area contributed by atoms with Crippen LogP contribution >= 0.6 is 0 Å². The van der Waals surface area contributed by atoms with Crippen molar-refractivity contribution in [2.24, 2.45) is 0 Å². The van der Waals surface area contributed by atoms with E-state index in [1.54, 1.807) is 6.07 Å². The fraction of sp³-hybridized carbons (Fsp3) is 0.190. The number of carbonyl (C=O) groups is 2. The van der Waals surface area contributed by atoms with Crippen LogP contribution in [0.2, 0.25) is 0 Å². The Morgan fingerprint density at radius 1 is 1.07 bits per heavy atom. The summed E-state index contributed by atoms with van der Waals surface area (Å²) >= 11 is 0. The molecule has 0 aliphatic heterocycles. The summed E-state index contributed by atoms with van der Waals surface area (Å²) in [6.45, 7) is 3.45. The third-order valence-corrected chi connectivity index (χ3v) is 4.88. The van der Waals surface area contributed by atoms with E-state index in [9.17, 15) is 18.0 Å². The topological polar surface area (TPSA) is 118 Å². The number of sulfonamides is 1. The second-order valence-corrected chi connectivity index (χ2v) is 8.64. The van der Waals surface area contributed by atoms with Crippen molar-refractivity contribution >= 4 is 27.5 Å². The van der Waals surface area contributed by atoms with Gasteiger partial charge in [0.25, 0.3) is 0 Å². The van der Waals surface area contributed by atoms with Crippen LogP contribution in [-0.2, 0) is 14.8 Å². The third kappa shape index (κ3) is 5.32. The number of nitrogens with zero attached hydrogens (tertiary/aromatic N) is 1. The van der Waals surface area contributed by atoms with Gasteiger partial charge in [-0.3, -0.25) is 14.6 Å². The molecule has 1 atom stereocenters. The van der Waals surface area contributed by atoms with E-state index in [0.717, 1.165) is 17.4 Å². The number of esters is 1. The first-order chi connectivity index (χ1) is 14.1. The summed E-state index contributed by atoms with van der Waals surface area (Å²) in [4.78, 5) is 24.9. The summed E-state index contributed by atoms with van der Waals surface area (Å²) in [5, 5.41) is 6.75. The number of ketones is 1. The Labute approximate surface area is 174 Å². The van der Waals surface area contributed by atoms with Gasteiger partial charge in [-0.25, -0.2) is 13.2 Å². The predicted molar refractivity (Wildman–Crippen MR) is 113 cm³/mol. The van der Waals surface area contributed by atoms with E-state index in [-0.39, 0.29) is 5.69 Å². The van der Waals surface area contributed by atoms with Crippen LogP contribution < -0.4 is 4.72 Å². The molecule has 2 aromatic carbocycles. The van der Waals surface area contributed by atoms with Gasteiger partial charge in [0.05, 0.1) is 11.9 Å². The van der Waals surface area contributed by atoms with Crippen LogP contribution in [0.4, 0.5) is 5.69 Å². The number of benzene rings is 2. The molecule has 0 bridgehead atoms.